The van der Waals surface area contributed by atoms with Gasteiger partial charge in [-0.25, -0.2) is 4.39 Å². The molecule has 0 aromatic heterocycles. The Balaban J connectivity index is 0.00000288. The summed E-state index contributed by atoms with van der Waals surface area (Å²) in [5.74, 6) is 1.36. The Hall–Kier alpha value is -1.83. The van der Waals surface area contributed by atoms with Gasteiger partial charge in [0.15, 0.2) is 5.96 Å². The van der Waals surface area contributed by atoms with Crippen LogP contribution in [0.25, 0.3) is 0 Å². The second kappa shape index (κ2) is 10.9. The lowest BCUT2D eigenvalue weighted by atomic mass is 10.2. The molecular formula is C18H23FIN3O. The molecule has 0 aliphatic carbocycles. The molecule has 0 saturated carbocycles. The van der Waals surface area contributed by atoms with Gasteiger partial charge in [0.2, 0.25) is 0 Å². The molecule has 0 radical (unpaired) electrons. The summed E-state index contributed by atoms with van der Waals surface area (Å²) < 4.78 is 18.9. The van der Waals surface area contributed by atoms with Crippen LogP contribution in [-0.4, -0.2) is 38.1 Å². The second-order valence-electron chi connectivity index (χ2n) is 5.12. The van der Waals surface area contributed by atoms with Gasteiger partial charge < -0.3 is 15.0 Å². The molecule has 2 rings (SSSR count). The van der Waals surface area contributed by atoms with Crippen molar-refractivity contribution >= 4 is 29.9 Å². The Labute approximate surface area is 159 Å². The molecule has 0 aliphatic rings. The molecular weight excluding hydrogens is 420 g/mol. The second-order valence-corrected chi connectivity index (χ2v) is 5.12. The molecule has 0 fully saturated rings. The maximum atomic E-state index is 13.2. The van der Waals surface area contributed by atoms with Gasteiger partial charge in [0.1, 0.15) is 18.2 Å². The van der Waals surface area contributed by atoms with Crippen LogP contribution in [0.4, 0.5) is 4.39 Å². The van der Waals surface area contributed by atoms with E-state index in [1.165, 1.54) is 12.1 Å². The van der Waals surface area contributed by atoms with Crippen molar-refractivity contribution < 1.29 is 9.13 Å². The van der Waals surface area contributed by atoms with Crippen LogP contribution in [0.5, 0.6) is 5.75 Å². The molecule has 2 aromatic carbocycles. The van der Waals surface area contributed by atoms with E-state index in [4.69, 9.17) is 4.74 Å². The van der Waals surface area contributed by atoms with Gasteiger partial charge >= 0.3 is 0 Å². The standard InChI is InChI=1S/C18H22FN3O.HI/c1-20-18(21-11-12-23-17-9-4-3-5-10-17)22(2)14-15-7-6-8-16(19)13-15;/h3-10,13H,11-12,14H2,1-2H3,(H,20,21);1H. The van der Waals surface area contributed by atoms with Crippen LogP contribution in [0.3, 0.4) is 0 Å². The van der Waals surface area contributed by atoms with Gasteiger partial charge in [0.25, 0.3) is 0 Å². The minimum absolute atomic E-state index is 0. The predicted octanol–water partition coefficient (Wildman–Crippen LogP) is 3.53. The average Bonchev–Trinajstić information content (AvgIpc) is 2.56. The number of nitrogens with zero attached hydrogens (tertiary/aromatic N) is 2. The first-order valence-electron chi connectivity index (χ1n) is 7.53. The smallest absolute Gasteiger partial charge is 0.193 e. The number of nitrogens with one attached hydrogen (secondary N) is 1. The van der Waals surface area contributed by atoms with Crippen LogP contribution >= 0.6 is 24.0 Å². The summed E-state index contributed by atoms with van der Waals surface area (Å²) in [6.45, 7) is 1.75. The van der Waals surface area contributed by atoms with Crippen LogP contribution in [-0.2, 0) is 6.54 Å². The number of para-hydroxylation sites is 1. The first kappa shape index (κ1) is 20.2. The predicted molar refractivity (Wildman–Crippen MR) is 107 cm³/mol. The van der Waals surface area contributed by atoms with E-state index in [2.05, 4.69) is 10.3 Å². The minimum Gasteiger partial charge on any atom is -0.492 e. The molecule has 0 bridgehead atoms. The molecule has 0 unspecified atom stereocenters. The highest BCUT2D eigenvalue weighted by Crippen LogP contribution is 2.08. The third kappa shape index (κ3) is 6.74. The van der Waals surface area contributed by atoms with E-state index in [0.717, 1.165) is 17.3 Å². The fourth-order valence-corrected chi connectivity index (χ4v) is 2.22. The van der Waals surface area contributed by atoms with Gasteiger partial charge in [0.05, 0.1) is 6.54 Å². The third-order valence-electron chi connectivity index (χ3n) is 3.28. The highest BCUT2D eigenvalue weighted by atomic mass is 127. The summed E-state index contributed by atoms with van der Waals surface area (Å²) in [5.41, 5.74) is 0.899. The molecule has 24 heavy (non-hydrogen) atoms. The van der Waals surface area contributed by atoms with E-state index in [1.807, 2.05) is 48.3 Å². The lowest BCUT2D eigenvalue weighted by Gasteiger charge is -2.22. The SMILES string of the molecule is CN=C(NCCOc1ccccc1)N(C)Cc1cccc(F)c1.I. The summed E-state index contributed by atoms with van der Waals surface area (Å²) in [6, 6.07) is 16.3. The average molecular weight is 443 g/mol. The Morgan fingerprint density at radius 3 is 2.58 bits per heavy atom. The van der Waals surface area contributed by atoms with Crippen molar-refractivity contribution in [3.8, 4) is 5.75 Å². The molecule has 0 saturated heterocycles. The first-order chi connectivity index (χ1) is 11.2. The summed E-state index contributed by atoms with van der Waals surface area (Å²) >= 11 is 0. The summed E-state index contributed by atoms with van der Waals surface area (Å²) in [6.07, 6.45) is 0. The molecule has 2 aromatic rings. The lowest BCUT2D eigenvalue weighted by Crippen LogP contribution is -2.40. The molecule has 0 heterocycles. The highest BCUT2D eigenvalue weighted by Gasteiger charge is 2.06. The van der Waals surface area contributed by atoms with Crippen LogP contribution < -0.4 is 10.1 Å². The minimum atomic E-state index is -0.227. The highest BCUT2D eigenvalue weighted by molar-refractivity contribution is 14.0. The van der Waals surface area contributed by atoms with E-state index in [-0.39, 0.29) is 29.8 Å². The van der Waals surface area contributed by atoms with Crippen molar-refractivity contribution in [2.45, 2.75) is 6.54 Å². The van der Waals surface area contributed by atoms with Gasteiger partial charge in [-0.3, -0.25) is 4.99 Å². The molecule has 1 N–H and O–H groups in total. The molecule has 4 nitrogen and oxygen atoms in total. The van der Waals surface area contributed by atoms with E-state index < -0.39 is 0 Å². The number of aliphatic imine (C=N–C) groups is 1. The van der Waals surface area contributed by atoms with Gasteiger partial charge in [-0.2, -0.15) is 0 Å². The number of rotatable bonds is 6. The van der Waals surface area contributed by atoms with Gasteiger partial charge in [-0.1, -0.05) is 30.3 Å². The monoisotopic (exact) mass is 443 g/mol. The molecule has 0 amide bonds. The summed E-state index contributed by atoms with van der Waals surface area (Å²) in [5, 5.41) is 3.23. The fraction of sp³-hybridized carbons (Fsp3) is 0.278. The third-order valence-corrected chi connectivity index (χ3v) is 3.28. The summed E-state index contributed by atoms with van der Waals surface area (Å²) in [4.78, 5) is 6.18. The van der Waals surface area contributed by atoms with E-state index >= 15 is 0 Å². The van der Waals surface area contributed by atoms with Crippen molar-refractivity contribution in [1.29, 1.82) is 0 Å². The maximum Gasteiger partial charge on any atom is 0.193 e. The van der Waals surface area contributed by atoms with Crippen LogP contribution in [0.1, 0.15) is 5.56 Å². The van der Waals surface area contributed by atoms with Crippen molar-refractivity contribution in [3.05, 3.63) is 66.0 Å². The van der Waals surface area contributed by atoms with Gasteiger partial charge in [0, 0.05) is 20.6 Å². The van der Waals surface area contributed by atoms with Crippen LogP contribution in [0.2, 0.25) is 0 Å². The molecule has 6 heteroatoms. The Bertz CT molecular complexity index is 637. The topological polar surface area (TPSA) is 36.9 Å². The first-order valence-corrected chi connectivity index (χ1v) is 7.53. The lowest BCUT2D eigenvalue weighted by molar-refractivity contribution is 0.319. The van der Waals surface area contributed by atoms with Crippen LogP contribution in [0.15, 0.2) is 59.6 Å². The van der Waals surface area contributed by atoms with Gasteiger partial charge in [-0.05, 0) is 29.8 Å². The zero-order valence-corrected chi connectivity index (χ0v) is 16.2. The number of guanidine groups is 1. The van der Waals surface area contributed by atoms with Crippen molar-refractivity contribution in [2.24, 2.45) is 4.99 Å². The molecule has 0 aliphatic heterocycles. The number of hydrogen-bond acceptors (Lipinski definition) is 2. The summed E-state index contributed by atoms with van der Waals surface area (Å²) in [7, 11) is 3.64. The van der Waals surface area contributed by atoms with E-state index in [9.17, 15) is 4.39 Å². The molecule has 0 atom stereocenters. The number of ether oxygens (including phenoxy) is 1. The zero-order valence-electron chi connectivity index (χ0n) is 13.9. The quantitative estimate of drug-likeness (QED) is 0.321. The van der Waals surface area contributed by atoms with E-state index in [0.29, 0.717) is 19.7 Å². The number of benzene rings is 2. The fourth-order valence-electron chi connectivity index (χ4n) is 2.22. The largest absolute Gasteiger partial charge is 0.492 e. The Kier molecular flexibility index (Phi) is 9.14. The number of hydrogen-bond donors (Lipinski definition) is 1. The van der Waals surface area contributed by atoms with Gasteiger partial charge in [-0.15, -0.1) is 24.0 Å². The van der Waals surface area contributed by atoms with E-state index in [1.54, 1.807) is 13.1 Å². The maximum absolute atomic E-state index is 13.2. The Morgan fingerprint density at radius 2 is 1.92 bits per heavy atom. The zero-order chi connectivity index (χ0) is 16.5. The van der Waals surface area contributed by atoms with Crippen molar-refractivity contribution in [1.82, 2.24) is 10.2 Å². The molecule has 0 spiro atoms. The number of halogens is 2. The normalized spacial score (nSPS) is 10.7. The van der Waals surface area contributed by atoms with Crippen molar-refractivity contribution in [3.63, 3.8) is 0 Å². The Morgan fingerprint density at radius 1 is 1.17 bits per heavy atom. The molecule has 130 valence electrons. The van der Waals surface area contributed by atoms with Crippen molar-refractivity contribution in [2.75, 3.05) is 27.2 Å². The van der Waals surface area contributed by atoms with Crippen LogP contribution in [0, 0.1) is 5.82 Å².